The summed E-state index contributed by atoms with van der Waals surface area (Å²) >= 11 is 0. The minimum atomic E-state index is -3.05. The van der Waals surface area contributed by atoms with Gasteiger partial charge in [0.15, 0.2) is 0 Å². The van der Waals surface area contributed by atoms with Gasteiger partial charge in [-0.05, 0) is 31.9 Å². The molecular weight excluding hydrogens is 441 g/mol. The van der Waals surface area contributed by atoms with E-state index in [-0.39, 0.29) is 39.2 Å². The SMILES string of the molecule is CC12CC(c3cn4cc(C(=O)Nc5cccn(C(F)F)c5=O)c(OCCF)cc4n3)(CO1)C2. The maximum atomic E-state index is 13.0. The van der Waals surface area contributed by atoms with Crippen LogP contribution in [0.4, 0.5) is 18.9 Å². The molecule has 11 heteroatoms. The number of hydrogen-bond acceptors (Lipinski definition) is 5. The molecule has 5 heterocycles. The van der Waals surface area contributed by atoms with Crippen LogP contribution in [0.5, 0.6) is 5.75 Å². The first-order valence-electron chi connectivity index (χ1n) is 10.4. The van der Waals surface area contributed by atoms with E-state index >= 15 is 0 Å². The van der Waals surface area contributed by atoms with E-state index in [1.807, 2.05) is 6.20 Å². The molecule has 0 unspecified atom stereocenters. The van der Waals surface area contributed by atoms with E-state index in [9.17, 15) is 22.8 Å². The first-order chi connectivity index (χ1) is 15.7. The number of carbonyl (C=O) groups excluding carboxylic acids is 1. The van der Waals surface area contributed by atoms with Crippen molar-refractivity contribution in [3.8, 4) is 5.75 Å². The van der Waals surface area contributed by atoms with Crippen molar-refractivity contribution in [3.63, 3.8) is 0 Å². The topological polar surface area (TPSA) is 86.9 Å². The third-order valence-corrected chi connectivity index (χ3v) is 6.23. The number of anilines is 1. The summed E-state index contributed by atoms with van der Waals surface area (Å²) in [5, 5.41) is 2.35. The quantitative estimate of drug-likeness (QED) is 0.582. The molecule has 1 saturated carbocycles. The highest BCUT2D eigenvalue weighted by atomic mass is 19.3. The molecule has 2 aliphatic heterocycles. The molecule has 2 saturated heterocycles. The first kappa shape index (κ1) is 21.5. The van der Waals surface area contributed by atoms with Gasteiger partial charge in [0.05, 0.1) is 23.5 Å². The largest absolute Gasteiger partial charge is 0.490 e. The number of amides is 1. The maximum Gasteiger partial charge on any atom is 0.321 e. The zero-order valence-corrected chi connectivity index (χ0v) is 17.7. The lowest BCUT2D eigenvalue weighted by Crippen LogP contribution is -2.45. The molecule has 0 radical (unpaired) electrons. The van der Waals surface area contributed by atoms with Crippen LogP contribution in [0.15, 0.2) is 41.6 Å². The van der Waals surface area contributed by atoms with Crippen LogP contribution in [0.2, 0.25) is 0 Å². The molecule has 1 aliphatic carbocycles. The number of fused-ring (bicyclic) bond motifs is 2. The fraction of sp³-hybridized carbons (Fsp3) is 0.409. The highest BCUT2D eigenvalue weighted by molar-refractivity contribution is 6.06. The summed E-state index contributed by atoms with van der Waals surface area (Å²) in [5.74, 6) is -0.692. The zero-order chi connectivity index (χ0) is 23.4. The van der Waals surface area contributed by atoms with Gasteiger partial charge in [-0.25, -0.2) is 9.37 Å². The van der Waals surface area contributed by atoms with E-state index in [0.29, 0.717) is 12.3 Å². The Hall–Kier alpha value is -3.34. The lowest BCUT2D eigenvalue weighted by Gasteiger charge is -2.41. The van der Waals surface area contributed by atoms with Gasteiger partial charge in [-0.3, -0.25) is 14.2 Å². The van der Waals surface area contributed by atoms with Crippen molar-refractivity contribution in [1.29, 1.82) is 0 Å². The van der Waals surface area contributed by atoms with E-state index in [1.54, 1.807) is 4.40 Å². The molecule has 174 valence electrons. The molecule has 0 aromatic carbocycles. The lowest BCUT2D eigenvalue weighted by atomic mass is 9.62. The van der Waals surface area contributed by atoms with Crippen molar-refractivity contribution in [2.45, 2.75) is 37.3 Å². The lowest BCUT2D eigenvalue weighted by molar-refractivity contribution is 0.0154. The van der Waals surface area contributed by atoms with Crippen molar-refractivity contribution in [3.05, 3.63) is 58.4 Å². The van der Waals surface area contributed by atoms with Crippen LogP contribution >= 0.6 is 0 Å². The second-order valence-corrected chi connectivity index (χ2v) is 8.72. The number of nitrogens with one attached hydrogen (secondary N) is 1. The highest BCUT2D eigenvalue weighted by Crippen LogP contribution is 2.58. The van der Waals surface area contributed by atoms with Gasteiger partial charge in [-0.2, -0.15) is 8.78 Å². The number of rotatable bonds is 7. The first-order valence-corrected chi connectivity index (χ1v) is 10.4. The third kappa shape index (κ3) is 3.56. The predicted octanol–water partition coefficient (Wildman–Crippen LogP) is 3.31. The van der Waals surface area contributed by atoms with Crippen molar-refractivity contribution in [2.75, 3.05) is 25.2 Å². The van der Waals surface area contributed by atoms with Gasteiger partial charge >= 0.3 is 6.55 Å². The van der Waals surface area contributed by atoms with E-state index in [4.69, 9.17) is 9.47 Å². The summed E-state index contributed by atoms with van der Waals surface area (Å²) in [4.78, 5) is 29.9. The fourth-order valence-corrected chi connectivity index (χ4v) is 4.81. The number of aromatic nitrogens is 3. The van der Waals surface area contributed by atoms with Crippen LogP contribution < -0.4 is 15.6 Å². The molecule has 3 fully saturated rings. The number of ether oxygens (including phenoxy) is 2. The summed E-state index contributed by atoms with van der Waals surface area (Å²) < 4.78 is 51.9. The minimum Gasteiger partial charge on any atom is -0.490 e. The smallest absolute Gasteiger partial charge is 0.321 e. The second kappa shape index (κ2) is 7.62. The van der Waals surface area contributed by atoms with E-state index in [1.165, 1.54) is 24.4 Å². The van der Waals surface area contributed by atoms with Crippen molar-refractivity contribution in [1.82, 2.24) is 14.0 Å². The molecule has 1 amide bonds. The monoisotopic (exact) mass is 462 g/mol. The maximum absolute atomic E-state index is 13.0. The Kier molecular flexibility index (Phi) is 4.96. The summed E-state index contributed by atoms with van der Waals surface area (Å²) in [6.45, 7) is -1.49. The standard InChI is InChI=1S/C22H21F3N4O4/c1-21-10-22(11-21,12-33-21)16-9-28-8-13(15(32-6-4-23)7-17(28)27-16)18(30)26-14-3-2-5-29(19(14)31)20(24)25/h2-3,5,7-9,20H,4,6,10-12H2,1H3,(H,26,30). The average molecular weight is 462 g/mol. The van der Waals surface area contributed by atoms with Crippen molar-refractivity contribution >= 4 is 17.2 Å². The van der Waals surface area contributed by atoms with Crippen molar-refractivity contribution in [2.24, 2.45) is 0 Å². The normalized spacial score (nSPS) is 23.7. The molecule has 8 nitrogen and oxygen atoms in total. The molecule has 6 rings (SSSR count). The second-order valence-electron chi connectivity index (χ2n) is 8.72. The van der Waals surface area contributed by atoms with E-state index in [0.717, 1.165) is 24.7 Å². The Morgan fingerprint density at radius 3 is 2.82 bits per heavy atom. The van der Waals surface area contributed by atoms with Crippen LogP contribution in [0.1, 0.15) is 42.4 Å². The summed E-state index contributed by atoms with van der Waals surface area (Å²) in [7, 11) is 0. The summed E-state index contributed by atoms with van der Waals surface area (Å²) in [6, 6.07) is 3.97. The molecule has 0 spiro atoms. The molecule has 2 bridgehead atoms. The number of carbonyl (C=O) groups is 1. The van der Waals surface area contributed by atoms with Crippen LogP contribution in [0, 0.1) is 0 Å². The number of imidazole rings is 1. The molecule has 0 atom stereocenters. The Balaban J connectivity index is 1.50. The van der Waals surface area contributed by atoms with Gasteiger partial charge in [0.1, 0.15) is 30.4 Å². The van der Waals surface area contributed by atoms with Crippen LogP contribution in [0.25, 0.3) is 5.65 Å². The number of hydrogen-bond donors (Lipinski definition) is 1. The Bertz CT molecular complexity index is 1300. The van der Waals surface area contributed by atoms with Gasteiger partial charge < -0.3 is 19.2 Å². The van der Waals surface area contributed by atoms with Gasteiger partial charge in [0, 0.05) is 30.1 Å². The highest BCUT2D eigenvalue weighted by Gasteiger charge is 2.61. The van der Waals surface area contributed by atoms with Gasteiger partial charge in [-0.15, -0.1) is 0 Å². The predicted molar refractivity (Wildman–Crippen MR) is 112 cm³/mol. The zero-order valence-electron chi connectivity index (χ0n) is 17.7. The molecule has 3 aromatic heterocycles. The van der Waals surface area contributed by atoms with Gasteiger partial charge in [0.2, 0.25) is 0 Å². The summed E-state index contributed by atoms with van der Waals surface area (Å²) in [5.41, 5.74) is -0.331. The Morgan fingerprint density at radius 1 is 1.36 bits per heavy atom. The van der Waals surface area contributed by atoms with Crippen LogP contribution in [-0.4, -0.2) is 45.3 Å². The molecule has 1 N–H and O–H groups in total. The number of pyridine rings is 2. The van der Waals surface area contributed by atoms with E-state index in [2.05, 4.69) is 17.2 Å². The van der Waals surface area contributed by atoms with Crippen LogP contribution in [-0.2, 0) is 10.2 Å². The molecule has 33 heavy (non-hydrogen) atoms. The number of nitrogens with zero attached hydrogens (tertiary/aromatic N) is 3. The van der Waals surface area contributed by atoms with Gasteiger partial charge in [0.25, 0.3) is 11.5 Å². The third-order valence-electron chi connectivity index (χ3n) is 6.23. The van der Waals surface area contributed by atoms with Gasteiger partial charge in [-0.1, -0.05) is 0 Å². The Labute approximate surface area is 185 Å². The number of halogens is 3. The molecule has 3 aromatic rings. The van der Waals surface area contributed by atoms with Crippen LogP contribution in [0.3, 0.4) is 0 Å². The summed E-state index contributed by atoms with van der Waals surface area (Å²) in [6.07, 6.45) is 5.91. The number of alkyl halides is 3. The van der Waals surface area contributed by atoms with Crippen molar-refractivity contribution < 1.29 is 27.4 Å². The van der Waals surface area contributed by atoms with E-state index < -0.39 is 24.7 Å². The molecule has 3 aliphatic rings. The average Bonchev–Trinajstić information content (AvgIpc) is 3.43. The molecular formula is C22H21F3N4O4. The fourth-order valence-electron chi connectivity index (χ4n) is 4.81. The Morgan fingerprint density at radius 2 is 2.15 bits per heavy atom. The minimum absolute atomic E-state index is 0.00497.